The van der Waals surface area contributed by atoms with Gasteiger partial charge in [0.2, 0.25) is 0 Å². The normalized spacial score (nSPS) is 13.5. The number of aryl methyl sites for hydroxylation is 2. The van der Waals surface area contributed by atoms with Crippen LogP contribution in [0, 0.1) is 0 Å². The van der Waals surface area contributed by atoms with E-state index >= 15 is 0 Å². The van der Waals surface area contributed by atoms with Crippen molar-refractivity contribution in [2.24, 2.45) is 0 Å². The van der Waals surface area contributed by atoms with Crippen molar-refractivity contribution in [3.63, 3.8) is 0 Å². The van der Waals surface area contributed by atoms with Crippen molar-refractivity contribution in [1.29, 1.82) is 0 Å². The van der Waals surface area contributed by atoms with Crippen LogP contribution in [0.4, 0.5) is 18.3 Å². The van der Waals surface area contributed by atoms with Gasteiger partial charge >= 0.3 is 12.1 Å². The van der Waals surface area contributed by atoms with E-state index in [0.29, 0.717) is 28.5 Å². The Hall–Kier alpha value is -4.22. The Balaban J connectivity index is 1.35. The first-order valence-electron chi connectivity index (χ1n) is 12.9. The number of halogens is 3. The average Bonchev–Trinajstić information content (AvgIpc) is 3.61. The fraction of sp³-hybridized carbons (Fsp3) is 0.233. The maximum atomic E-state index is 13.2. The molecule has 1 amide bonds. The summed E-state index contributed by atoms with van der Waals surface area (Å²) < 4.78 is 39.5. The van der Waals surface area contributed by atoms with E-state index in [4.69, 9.17) is 10.1 Å². The summed E-state index contributed by atoms with van der Waals surface area (Å²) in [5.41, 5.74) is 5.19. The number of benzene rings is 3. The topological polar surface area (TPSA) is 112 Å². The van der Waals surface area contributed by atoms with Crippen molar-refractivity contribution in [1.82, 2.24) is 10.3 Å². The highest BCUT2D eigenvalue weighted by atomic mass is 32.1. The zero-order valence-corrected chi connectivity index (χ0v) is 22.5. The molecule has 1 aromatic heterocycles. The maximum absolute atomic E-state index is 13.2. The number of amides is 1. The number of hydrogen-bond acceptors (Lipinski definition) is 6. The number of rotatable bonds is 9. The number of thiazole rings is 1. The monoisotopic (exact) mass is 581 g/mol. The number of hydrogen-bond donors (Lipinski definition) is 4. The third-order valence-electron chi connectivity index (χ3n) is 6.87. The summed E-state index contributed by atoms with van der Waals surface area (Å²) in [5.74, 6) is -1.93. The molecule has 11 heteroatoms. The zero-order valence-electron chi connectivity index (χ0n) is 21.7. The number of nitrogens with one attached hydrogen (secondary N) is 2. The number of anilines is 1. The maximum Gasteiger partial charge on any atom is 0.416 e. The molecule has 0 saturated heterocycles. The molecular weight excluding hydrogens is 555 g/mol. The van der Waals surface area contributed by atoms with E-state index < -0.39 is 36.3 Å². The van der Waals surface area contributed by atoms with Crippen molar-refractivity contribution in [2.75, 3.05) is 11.9 Å². The number of alkyl halides is 3. The fourth-order valence-corrected chi connectivity index (χ4v) is 5.63. The molecule has 7 nitrogen and oxygen atoms in total. The quantitative estimate of drug-likeness (QED) is 0.200. The van der Waals surface area contributed by atoms with Crippen LogP contribution >= 0.6 is 11.3 Å². The van der Waals surface area contributed by atoms with Crippen molar-refractivity contribution in [2.45, 2.75) is 38.1 Å². The van der Waals surface area contributed by atoms with Gasteiger partial charge < -0.3 is 20.8 Å². The van der Waals surface area contributed by atoms with Gasteiger partial charge in [-0.2, -0.15) is 13.2 Å². The van der Waals surface area contributed by atoms with Crippen LogP contribution in [0.3, 0.4) is 0 Å². The second-order valence-electron chi connectivity index (χ2n) is 9.72. The van der Waals surface area contributed by atoms with Gasteiger partial charge in [0.25, 0.3) is 5.91 Å². The SMILES string of the molecule is O=C(NC[C@@H](O)C(=O)O)c1ccc(CNc2nc(-c3ccc(C(F)(F)F)cc3)c(-c3ccc4c(c3)CCC4)s2)cc1. The second-order valence-corrected chi connectivity index (χ2v) is 10.7. The van der Waals surface area contributed by atoms with E-state index in [-0.39, 0.29) is 0 Å². The molecule has 4 aromatic rings. The molecule has 0 radical (unpaired) electrons. The number of aromatic nitrogens is 1. The van der Waals surface area contributed by atoms with Gasteiger partial charge in [-0.1, -0.05) is 47.7 Å². The summed E-state index contributed by atoms with van der Waals surface area (Å²) in [4.78, 5) is 28.5. The molecule has 3 aromatic carbocycles. The third kappa shape index (κ3) is 6.58. The summed E-state index contributed by atoms with van der Waals surface area (Å²) in [6, 6.07) is 18.0. The molecule has 212 valence electrons. The number of nitrogens with zero attached hydrogens (tertiary/aromatic N) is 1. The molecule has 0 spiro atoms. The first-order valence-corrected chi connectivity index (χ1v) is 13.7. The van der Waals surface area contributed by atoms with Crippen LogP contribution in [0.5, 0.6) is 0 Å². The minimum atomic E-state index is -4.42. The number of carbonyl (C=O) groups excluding carboxylic acids is 1. The van der Waals surface area contributed by atoms with Crippen molar-refractivity contribution in [3.8, 4) is 21.7 Å². The Labute approximate surface area is 237 Å². The van der Waals surface area contributed by atoms with Crippen LogP contribution < -0.4 is 10.6 Å². The van der Waals surface area contributed by atoms with Gasteiger partial charge in [-0.25, -0.2) is 9.78 Å². The van der Waals surface area contributed by atoms with Crippen molar-refractivity contribution < 1.29 is 33.0 Å². The minimum Gasteiger partial charge on any atom is -0.479 e. The Kier molecular flexibility index (Phi) is 8.09. The first kappa shape index (κ1) is 28.3. The highest BCUT2D eigenvalue weighted by molar-refractivity contribution is 7.19. The van der Waals surface area contributed by atoms with Crippen molar-refractivity contribution >= 4 is 28.3 Å². The summed E-state index contributed by atoms with van der Waals surface area (Å²) in [7, 11) is 0. The van der Waals surface area contributed by atoms with Gasteiger partial charge in [-0.05, 0) is 71.8 Å². The Morgan fingerprint density at radius 2 is 1.63 bits per heavy atom. The summed E-state index contributed by atoms with van der Waals surface area (Å²) in [6.45, 7) is -0.0292. The van der Waals surface area contributed by atoms with Crippen LogP contribution in [0.1, 0.15) is 39.0 Å². The van der Waals surface area contributed by atoms with Gasteiger partial charge in [0.15, 0.2) is 11.2 Å². The van der Waals surface area contributed by atoms with Gasteiger partial charge in [-0.3, -0.25) is 4.79 Å². The van der Waals surface area contributed by atoms with Gasteiger partial charge in [-0.15, -0.1) is 0 Å². The van der Waals surface area contributed by atoms with Crippen molar-refractivity contribution in [3.05, 3.63) is 94.5 Å². The summed E-state index contributed by atoms with van der Waals surface area (Å²) >= 11 is 1.42. The number of aliphatic carboxylic acids is 1. The van der Waals surface area contributed by atoms with E-state index in [9.17, 15) is 27.9 Å². The lowest BCUT2D eigenvalue weighted by Gasteiger charge is -2.09. The number of carboxylic acids is 1. The minimum absolute atomic E-state index is 0.309. The predicted molar refractivity (Wildman–Crippen MR) is 150 cm³/mol. The molecule has 5 rings (SSSR count). The van der Waals surface area contributed by atoms with Crippen LogP contribution in [0.2, 0.25) is 0 Å². The third-order valence-corrected chi connectivity index (χ3v) is 7.94. The highest BCUT2D eigenvalue weighted by Crippen LogP contribution is 2.41. The van der Waals surface area contributed by atoms with Gasteiger partial charge in [0.1, 0.15) is 0 Å². The van der Waals surface area contributed by atoms with Gasteiger partial charge in [0, 0.05) is 17.7 Å². The Morgan fingerprint density at radius 1 is 0.951 bits per heavy atom. The lowest BCUT2D eigenvalue weighted by Crippen LogP contribution is -2.36. The molecule has 1 aliphatic rings. The molecule has 0 aliphatic heterocycles. The number of carbonyl (C=O) groups is 2. The number of carboxylic acid groups (broad SMARTS) is 1. The zero-order chi connectivity index (χ0) is 29.1. The molecule has 1 heterocycles. The smallest absolute Gasteiger partial charge is 0.416 e. The highest BCUT2D eigenvalue weighted by Gasteiger charge is 2.30. The second kappa shape index (κ2) is 11.7. The van der Waals surface area contributed by atoms with Crippen LogP contribution in [-0.2, 0) is 30.4 Å². The molecule has 0 fully saturated rings. The molecule has 1 atom stereocenters. The van der Waals surface area contributed by atoms with E-state index in [1.54, 1.807) is 24.3 Å². The lowest BCUT2D eigenvalue weighted by atomic mass is 10.0. The van der Waals surface area contributed by atoms with E-state index in [1.807, 2.05) is 6.07 Å². The molecule has 1 aliphatic carbocycles. The van der Waals surface area contributed by atoms with Crippen LogP contribution in [0.25, 0.3) is 21.7 Å². The molecule has 0 bridgehead atoms. The number of aliphatic hydroxyl groups is 1. The Morgan fingerprint density at radius 3 is 2.32 bits per heavy atom. The van der Waals surface area contributed by atoms with Crippen LogP contribution in [0.15, 0.2) is 66.7 Å². The van der Waals surface area contributed by atoms with Crippen LogP contribution in [-0.4, -0.2) is 39.7 Å². The molecule has 41 heavy (non-hydrogen) atoms. The first-order chi connectivity index (χ1) is 19.6. The molecule has 4 N–H and O–H groups in total. The standard InChI is InChI=1S/C30H26F3N3O4S/c31-30(32,33)23-12-10-19(11-13-23)25-26(22-9-8-18-2-1-3-21(18)14-22)41-29(36-25)35-15-17-4-6-20(7-5-17)27(38)34-16-24(37)28(39)40/h4-14,24,37H,1-3,15-16H2,(H,34,38)(H,35,36)(H,39,40)/t24-/m1/s1. The Bertz CT molecular complexity index is 1570. The largest absolute Gasteiger partial charge is 0.479 e. The number of fused-ring (bicyclic) bond motifs is 1. The predicted octanol–water partition coefficient (Wildman–Crippen LogP) is 5.77. The summed E-state index contributed by atoms with van der Waals surface area (Å²) in [5, 5.41) is 24.3. The molecule has 0 unspecified atom stereocenters. The lowest BCUT2D eigenvalue weighted by molar-refractivity contribution is -0.146. The average molecular weight is 582 g/mol. The van der Waals surface area contributed by atoms with E-state index in [0.717, 1.165) is 47.4 Å². The molecular formula is C30H26F3N3O4S. The number of aliphatic hydroxyl groups excluding tert-OH is 1. The van der Waals surface area contributed by atoms with E-state index in [1.165, 1.54) is 34.6 Å². The summed E-state index contributed by atoms with van der Waals surface area (Å²) in [6.07, 6.45) is -2.97. The van der Waals surface area contributed by atoms with E-state index in [2.05, 4.69) is 22.8 Å². The van der Waals surface area contributed by atoms with Gasteiger partial charge in [0.05, 0.1) is 22.7 Å². The molecule has 0 saturated carbocycles. The fourth-order valence-electron chi connectivity index (χ4n) is 4.65.